The topological polar surface area (TPSA) is 101 Å². The Bertz CT molecular complexity index is 1110. The molecule has 8 nitrogen and oxygen atoms in total. The number of carbonyl (C=O) groups excluding carboxylic acids is 1. The van der Waals surface area contributed by atoms with Crippen LogP contribution in [0.3, 0.4) is 0 Å². The van der Waals surface area contributed by atoms with E-state index >= 15 is 0 Å². The summed E-state index contributed by atoms with van der Waals surface area (Å²) < 4.78 is 0. The molecule has 3 heterocycles. The van der Waals surface area contributed by atoms with Crippen LogP contribution >= 0.6 is 23.1 Å². The van der Waals surface area contributed by atoms with Crippen molar-refractivity contribution in [2.45, 2.75) is 24.9 Å². The number of aromatic nitrogens is 2. The van der Waals surface area contributed by atoms with Crippen LogP contribution in [-0.4, -0.2) is 40.1 Å². The number of aryl methyl sites for hydroxylation is 1. The van der Waals surface area contributed by atoms with Crippen molar-refractivity contribution in [3.63, 3.8) is 0 Å². The molecule has 1 fully saturated rings. The number of anilines is 2. The third-order valence-electron chi connectivity index (χ3n) is 4.84. The van der Waals surface area contributed by atoms with Gasteiger partial charge in [-0.15, -0.1) is 11.3 Å². The molecule has 29 heavy (non-hydrogen) atoms. The summed E-state index contributed by atoms with van der Waals surface area (Å²) in [5.74, 6) is 0.563. The molecule has 0 radical (unpaired) electrons. The third-order valence-corrected chi connectivity index (χ3v) is 6.42. The molecule has 0 aliphatic carbocycles. The number of hydrogen-bond acceptors (Lipinski definition) is 8. The molecule has 1 aliphatic rings. The zero-order valence-corrected chi connectivity index (χ0v) is 17.6. The monoisotopic (exact) mass is 429 g/mol. The highest BCUT2D eigenvalue weighted by Crippen LogP contribution is 2.34. The van der Waals surface area contributed by atoms with Crippen molar-refractivity contribution in [2.24, 2.45) is 0 Å². The van der Waals surface area contributed by atoms with Crippen molar-refractivity contribution in [1.29, 1.82) is 0 Å². The largest absolute Gasteiger partial charge is 0.356 e. The van der Waals surface area contributed by atoms with Crippen LogP contribution < -0.4 is 10.2 Å². The van der Waals surface area contributed by atoms with Gasteiger partial charge < -0.3 is 10.2 Å². The fourth-order valence-corrected chi connectivity index (χ4v) is 4.64. The number of thiophene rings is 1. The summed E-state index contributed by atoms with van der Waals surface area (Å²) >= 11 is 2.78. The van der Waals surface area contributed by atoms with Gasteiger partial charge >= 0.3 is 0 Å². The quantitative estimate of drug-likeness (QED) is 0.276. The Morgan fingerprint density at radius 1 is 1.28 bits per heavy atom. The summed E-state index contributed by atoms with van der Waals surface area (Å²) in [6.45, 7) is 3.69. The van der Waals surface area contributed by atoms with Crippen LogP contribution in [0.1, 0.15) is 28.1 Å². The molecule has 0 saturated carbocycles. The van der Waals surface area contributed by atoms with E-state index in [2.05, 4.69) is 20.2 Å². The minimum absolute atomic E-state index is 0.0611. The molecule has 0 bridgehead atoms. The molecule has 4 rings (SSSR count). The fraction of sp³-hybridized carbons (Fsp3) is 0.316. The number of amides is 1. The van der Waals surface area contributed by atoms with Crippen molar-refractivity contribution in [1.82, 2.24) is 9.97 Å². The first-order chi connectivity index (χ1) is 14.0. The number of nitro groups is 1. The van der Waals surface area contributed by atoms with Gasteiger partial charge in [0, 0.05) is 25.2 Å². The van der Waals surface area contributed by atoms with Crippen molar-refractivity contribution in [3.8, 4) is 0 Å². The van der Waals surface area contributed by atoms with E-state index in [9.17, 15) is 14.9 Å². The van der Waals surface area contributed by atoms with Gasteiger partial charge in [-0.25, -0.2) is 9.97 Å². The van der Waals surface area contributed by atoms with Crippen LogP contribution in [0, 0.1) is 17.0 Å². The molecule has 150 valence electrons. The normalized spacial score (nSPS) is 13.8. The van der Waals surface area contributed by atoms with Gasteiger partial charge in [0.2, 0.25) is 0 Å². The Balaban J connectivity index is 1.69. The first-order valence-corrected chi connectivity index (χ1v) is 11.2. The maximum Gasteiger partial charge on any atom is 0.271 e. The predicted octanol–water partition coefficient (Wildman–Crippen LogP) is 4.48. The number of nitrogens with zero attached hydrogens (tertiary/aromatic N) is 4. The van der Waals surface area contributed by atoms with Crippen LogP contribution in [0.4, 0.5) is 17.2 Å². The summed E-state index contributed by atoms with van der Waals surface area (Å²) in [6.07, 6.45) is 4.19. The summed E-state index contributed by atoms with van der Waals surface area (Å²) in [7, 11) is 0. The molecule has 1 aromatic carbocycles. The molecule has 10 heteroatoms. The molecular weight excluding hydrogens is 410 g/mol. The Morgan fingerprint density at radius 2 is 2.03 bits per heavy atom. The average Bonchev–Trinajstić information content (AvgIpc) is 3.38. The van der Waals surface area contributed by atoms with Crippen molar-refractivity contribution < 1.29 is 9.72 Å². The van der Waals surface area contributed by atoms with E-state index in [1.165, 1.54) is 35.2 Å². The van der Waals surface area contributed by atoms with Gasteiger partial charge in [-0.3, -0.25) is 14.9 Å². The highest BCUT2D eigenvalue weighted by molar-refractivity contribution is 7.98. The molecule has 1 aliphatic heterocycles. The minimum atomic E-state index is -0.476. The molecule has 1 amide bonds. The number of thioether (sulfide) groups is 1. The first kappa shape index (κ1) is 19.6. The van der Waals surface area contributed by atoms with Crippen LogP contribution in [0.15, 0.2) is 29.4 Å². The summed E-state index contributed by atoms with van der Waals surface area (Å²) in [4.78, 5) is 36.2. The highest BCUT2D eigenvalue weighted by atomic mass is 32.2. The minimum Gasteiger partial charge on any atom is -0.356 e. The predicted molar refractivity (Wildman–Crippen MR) is 116 cm³/mol. The molecule has 1 N–H and O–H groups in total. The second kappa shape index (κ2) is 7.96. The van der Waals surface area contributed by atoms with Crippen molar-refractivity contribution >= 4 is 56.4 Å². The lowest BCUT2D eigenvalue weighted by molar-refractivity contribution is -0.384. The average molecular weight is 430 g/mol. The number of nitro benzene ring substituents is 1. The number of fused-ring (bicyclic) bond motifs is 1. The van der Waals surface area contributed by atoms with Crippen LogP contribution in [0.25, 0.3) is 10.2 Å². The van der Waals surface area contributed by atoms with Gasteiger partial charge in [-0.1, -0.05) is 17.8 Å². The van der Waals surface area contributed by atoms with Crippen LogP contribution in [0.5, 0.6) is 0 Å². The van der Waals surface area contributed by atoms with E-state index in [1.807, 2.05) is 12.3 Å². The fourth-order valence-electron chi connectivity index (χ4n) is 3.30. The van der Waals surface area contributed by atoms with Crippen molar-refractivity contribution in [3.05, 3.63) is 44.8 Å². The van der Waals surface area contributed by atoms with E-state index in [1.54, 1.807) is 13.0 Å². The number of non-ortho nitro benzene ring substituents is 1. The van der Waals surface area contributed by atoms with E-state index < -0.39 is 4.92 Å². The zero-order chi connectivity index (χ0) is 20.5. The van der Waals surface area contributed by atoms with Crippen molar-refractivity contribution in [2.75, 3.05) is 29.6 Å². The van der Waals surface area contributed by atoms with Gasteiger partial charge in [0.25, 0.3) is 11.6 Å². The molecule has 0 spiro atoms. The zero-order valence-electron chi connectivity index (χ0n) is 16.0. The molecule has 0 atom stereocenters. The summed E-state index contributed by atoms with van der Waals surface area (Å²) in [5, 5.41) is 15.4. The SMILES string of the molecule is CSc1nc(N2CCCC2)c2cc(C(=O)Nc3cc([N+](=O)[O-])ccc3C)sc2n1. The van der Waals surface area contributed by atoms with Gasteiger partial charge in [-0.2, -0.15) is 0 Å². The molecule has 3 aromatic rings. The molecular formula is C19H19N5O3S2. The van der Waals surface area contributed by atoms with Crippen LogP contribution in [-0.2, 0) is 0 Å². The van der Waals surface area contributed by atoms with Gasteiger partial charge in [0.05, 0.1) is 20.9 Å². The van der Waals surface area contributed by atoms with Gasteiger partial charge in [-0.05, 0) is 37.7 Å². The van der Waals surface area contributed by atoms with Crippen LogP contribution in [0.2, 0.25) is 0 Å². The number of hydrogen-bond donors (Lipinski definition) is 1. The second-order valence-corrected chi connectivity index (χ2v) is 8.57. The van der Waals surface area contributed by atoms with E-state index in [-0.39, 0.29) is 11.6 Å². The standard InChI is InChI=1S/C19H19N5O3S2/c1-11-5-6-12(24(26)27)9-14(11)20-17(25)15-10-13-16(23-7-3-4-8-23)21-19(28-2)22-18(13)29-15/h5-6,9-10H,3-4,7-8H2,1-2H3,(H,20,25). The van der Waals surface area contributed by atoms with Gasteiger partial charge in [0.15, 0.2) is 5.16 Å². The number of rotatable bonds is 5. The lowest BCUT2D eigenvalue weighted by Gasteiger charge is -2.17. The first-order valence-electron chi connectivity index (χ1n) is 9.13. The molecule has 0 unspecified atom stereocenters. The molecule has 2 aromatic heterocycles. The lowest BCUT2D eigenvalue weighted by Crippen LogP contribution is -2.19. The highest BCUT2D eigenvalue weighted by Gasteiger charge is 2.22. The Labute approximate surface area is 175 Å². The maximum absolute atomic E-state index is 12.9. The Hall–Kier alpha value is -2.72. The maximum atomic E-state index is 12.9. The smallest absolute Gasteiger partial charge is 0.271 e. The number of carbonyl (C=O) groups is 1. The van der Waals surface area contributed by atoms with Gasteiger partial charge in [0.1, 0.15) is 10.6 Å². The van der Waals surface area contributed by atoms with E-state index in [0.717, 1.165) is 47.5 Å². The summed E-state index contributed by atoms with van der Waals surface area (Å²) in [6, 6.07) is 6.24. The second-order valence-electron chi connectivity index (χ2n) is 6.77. The van der Waals surface area contributed by atoms with E-state index in [0.29, 0.717) is 15.7 Å². The third kappa shape index (κ3) is 3.90. The lowest BCUT2D eigenvalue weighted by atomic mass is 10.2. The van der Waals surface area contributed by atoms with E-state index in [4.69, 9.17) is 0 Å². The Kier molecular flexibility index (Phi) is 5.37. The summed E-state index contributed by atoms with van der Waals surface area (Å²) in [5.41, 5.74) is 1.12. The number of benzene rings is 1. The Morgan fingerprint density at radius 3 is 2.72 bits per heavy atom. The number of nitrogens with one attached hydrogen (secondary N) is 1. The molecule has 1 saturated heterocycles.